The molecule has 0 heterocycles. The molecule has 13 heavy (non-hydrogen) atoms. The van der Waals surface area contributed by atoms with E-state index in [-0.39, 0.29) is 11.2 Å². The van der Waals surface area contributed by atoms with Crippen LogP contribution >= 0.6 is 0 Å². The molecule has 0 bridgehead atoms. The van der Waals surface area contributed by atoms with Crippen molar-refractivity contribution in [1.82, 2.24) is 0 Å². The Bertz CT molecular complexity index is 344. The van der Waals surface area contributed by atoms with Crippen molar-refractivity contribution in [3.63, 3.8) is 0 Å². The quantitative estimate of drug-likeness (QED) is 0.407. The van der Waals surface area contributed by atoms with Gasteiger partial charge in [0, 0.05) is 11.0 Å². The molecule has 0 radical (unpaired) electrons. The fourth-order valence-corrected chi connectivity index (χ4v) is 2.47. The van der Waals surface area contributed by atoms with E-state index in [9.17, 15) is 4.79 Å². The first-order valence-electron chi connectivity index (χ1n) is 4.78. The zero-order valence-electron chi connectivity index (χ0n) is 8.13. The van der Waals surface area contributed by atoms with Gasteiger partial charge < -0.3 is 0 Å². The van der Waals surface area contributed by atoms with E-state index in [4.69, 9.17) is 0 Å². The minimum atomic E-state index is -0.0220. The summed E-state index contributed by atoms with van der Waals surface area (Å²) in [7, 11) is 0. The predicted molar refractivity (Wildman–Crippen MR) is 53.3 cm³/mol. The predicted octanol–water partition coefficient (Wildman–Crippen LogP) is 2.80. The van der Waals surface area contributed by atoms with E-state index in [1.807, 2.05) is 13.0 Å². The number of carbonyl (C=O) groups excluding carboxylic acids is 1. The average molecular weight is 174 g/mol. The SMILES string of the molecule is C/C=C1/C(=O)C=C(C)C12C=CCC2. The Morgan fingerprint density at radius 3 is 2.85 bits per heavy atom. The molecule has 1 spiro atoms. The molecule has 0 aromatic rings. The molecule has 0 fully saturated rings. The minimum Gasteiger partial charge on any atom is -0.290 e. The van der Waals surface area contributed by atoms with Crippen LogP contribution in [0.25, 0.3) is 0 Å². The molecular weight excluding hydrogens is 160 g/mol. The molecule has 1 nitrogen and oxygen atoms in total. The molecule has 2 aliphatic carbocycles. The molecule has 0 aromatic heterocycles. The molecule has 0 N–H and O–H groups in total. The van der Waals surface area contributed by atoms with Crippen molar-refractivity contribution in [2.45, 2.75) is 26.7 Å². The Hall–Kier alpha value is -1.11. The van der Waals surface area contributed by atoms with Crippen LogP contribution in [0, 0.1) is 5.41 Å². The second kappa shape index (κ2) is 2.69. The zero-order valence-corrected chi connectivity index (χ0v) is 8.13. The van der Waals surface area contributed by atoms with E-state index in [0.717, 1.165) is 18.4 Å². The molecule has 0 saturated heterocycles. The van der Waals surface area contributed by atoms with Crippen LogP contribution < -0.4 is 0 Å². The maximum absolute atomic E-state index is 11.6. The van der Waals surface area contributed by atoms with Crippen LogP contribution in [-0.2, 0) is 4.79 Å². The summed E-state index contributed by atoms with van der Waals surface area (Å²) in [5, 5.41) is 0. The van der Waals surface area contributed by atoms with Gasteiger partial charge in [-0.3, -0.25) is 4.79 Å². The lowest BCUT2D eigenvalue weighted by molar-refractivity contribution is -0.111. The van der Waals surface area contributed by atoms with Gasteiger partial charge in [0.05, 0.1) is 0 Å². The largest absolute Gasteiger partial charge is 0.290 e. The van der Waals surface area contributed by atoms with Crippen LogP contribution in [0.2, 0.25) is 0 Å². The van der Waals surface area contributed by atoms with Gasteiger partial charge >= 0.3 is 0 Å². The van der Waals surface area contributed by atoms with E-state index in [1.165, 1.54) is 5.57 Å². The molecule has 1 atom stereocenters. The highest BCUT2D eigenvalue weighted by molar-refractivity contribution is 6.09. The molecule has 0 aromatic carbocycles. The standard InChI is InChI=1S/C12H14O/c1-3-10-11(13)8-9(2)12(10)6-4-5-7-12/h3-4,6,8H,5,7H2,1-2H3/b10-3-. The Kier molecular flexibility index (Phi) is 1.76. The first kappa shape index (κ1) is 8.49. The van der Waals surface area contributed by atoms with Crippen LogP contribution in [0.4, 0.5) is 0 Å². The molecule has 0 amide bonds. The van der Waals surface area contributed by atoms with E-state index < -0.39 is 0 Å². The molecule has 68 valence electrons. The molecule has 2 rings (SSSR count). The van der Waals surface area contributed by atoms with Gasteiger partial charge in [-0.05, 0) is 32.8 Å². The van der Waals surface area contributed by atoms with Gasteiger partial charge in [0.1, 0.15) is 0 Å². The lowest BCUT2D eigenvalue weighted by Crippen LogP contribution is -2.17. The first-order chi connectivity index (χ1) is 6.20. The van der Waals surface area contributed by atoms with Gasteiger partial charge in [-0.15, -0.1) is 0 Å². The summed E-state index contributed by atoms with van der Waals surface area (Å²) in [5.41, 5.74) is 2.16. The van der Waals surface area contributed by atoms with Crippen LogP contribution in [0.5, 0.6) is 0 Å². The third-order valence-electron chi connectivity index (χ3n) is 3.19. The second-order valence-electron chi connectivity index (χ2n) is 3.81. The maximum Gasteiger partial charge on any atom is 0.182 e. The third-order valence-corrected chi connectivity index (χ3v) is 3.19. The number of ketones is 1. The van der Waals surface area contributed by atoms with Gasteiger partial charge in [0.15, 0.2) is 5.78 Å². The summed E-state index contributed by atoms with van der Waals surface area (Å²) in [4.78, 5) is 11.6. The fourth-order valence-electron chi connectivity index (χ4n) is 2.47. The Balaban J connectivity index is 2.53. The summed E-state index contributed by atoms with van der Waals surface area (Å²) in [6.07, 6.45) is 10.3. The highest BCUT2D eigenvalue weighted by Gasteiger charge is 2.42. The Morgan fingerprint density at radius 1 is 1.54 bits per heavy atom. The van der Waals surface area contributed by atoms with Crippen molar-refractivity contribution in [3.05, 3.63) is 35.5 Å². The van der Waals surface area contributed by atoms with Crippen LogP contribution in [0.1, 0.15) is 26.7 Å². The number of rotatable bonds is 0. The minimum absolute atomic E-state index is 0.0220. The normalized spacial score (nSPS) is 35.1. The summed E-state index contributed by atoms with van der Waals surface area (Å²) >= 11 is 0. The number of carbonyl (C=O) groups is 1. The Morgan fingerprint density at radius 2 is 2.31 bits per heavy atom. The molecule has 0 saturated carbocycles. The van der Waals surface area contributed by atoms with Crippen LogP contribution in [0.15, 0.2) is 35.5 Å². The number of allylic oxidation sites excluding steroid dienone is 6. The van der Waals surface area contributed by atoms with Crippen molar-refractivity contribution in [2.75, 3.05) is 0 Å². The Labute approximate surface area is 78.8 Å². The number of hydrogen-bond acceptors (Lipinski definition) is 1. The maximum atomic E-state index is 11.6. The van der Waals surface area contributed by atoms with Crippen molar-refractivity contribution in [1.29, 1.82) is 0 Å². The summed E-state index contributed by atoms with van der Waals surface area (Å²) < 4.78 is 0. The molecular formula is C12H14O. The summed E-state index contributed by atoms with van der Waals surface area (Å²) in [5.74, 6) is 0.201. The van der Waals surface area contributed by atoms with Crippen molar-refractivity contribution < 1.29 is 4.79 Å². The summed E-state index contributed by atoms with van der Waals surface area (Å²) in [6.45, 7) is 4.01. The van der Waals surface area contributed by atoms with Crippen LogP contribution in [-0.4, -0.2) is 5.78 Å². The average Bonchev–Trinajstić information content (AvgIpc) is 2.62. The van der Waals surface area contributed by atoms with E-state index >= 15 is 0 Å². The lowest BCUT2D eigenvalue weighted by atomic mass is 9.77. The lowest BCUT2D eigenvalue weighted by Gasteiger charge is -2.24. The monoisotopic (exact) mass is 174 g/mol. The molecule has 1 heteroatoms. The van der Waals surface area contributed by atoms with Crippen molar-refractivity contribution in [3.8, 4) is 0 Å². The van der Waals surface area contributed by atoms with Gasteiger partial charge in [0.25, 0.3) is 0 Å². The van der Waals surface area contributed by atoms with E-state index in [0.29, 0.717) is 0 Å². The fraction of sp³-hybridized carbons (Fsp3) is 0.417. The van der Waals surface area contributed by atoms with Gasteiger partial charge in [-0.2, -0.15) is 0 Å². The van der Waals surface area contributed by atoms with Gasteiger partial charge in [-0.25, -0.2) is 0 Å². The second-order valence-corrected chi connectivity index (χ2v) is 3.81. The van der Waals surface area contributed by atoms with E-state index in [2.05, 4.69) is 19.1 Å². The smallest absolute Gasteiger partial charge is 0.182 e. The molecule has 0 aliphatic heterocycles. The highest BCUT2D eigenvalue weighted by Crippen LogP contribution is 2.49. The molecule has 2 aliphatic rings. The molecule has 1 unspecified atom stereocenters. The first-order valence-corrected chi connectivity index (χ1v) is 4.78. The third kappa shape index (κ3) is 0.963. The van der Waals surface area contributed by atoms with Gasteiger partial charge in [0.2, 0.25) is 0 Å². The topological polar surface area (TPSA) is 17.1 Å². The van der Waals surface area contributed by atoms with Crippen molar-refractivity contribution >= 4 is 5.78 Å². The van der Waals surface area contributed by atoms with Gasteiger partial charge in [-0.1, -0.05) is 23.8 Å². The summed E-state index contributed by atoms with van der Waals surface area (Å²) in [6, 6.07) is 0. The van der Waals surface area contributed by atoms with Crippen LogP contribution in [0.3, 0.4) is 0 Å². The van der Waals surface area contributed by atoms with Crippen molar-refractivity contribution in [2.24, 2.45) is 5.41 Å². The number of hydrogen-bond donors (Lipinski definition) is 0. The highest BCUT2D eigenvalue weighted by atomic mass is 16.1. The zero-order chi connectivity index (χ0) is 9.47. The van der Waals surface area contributed by atoms with E-state index in [1.54, 1.807) is 6.08 Å².